The van der Waals surface area contributed by atoms with Crippen LogP contribution in [0.15, 0.2) is 54.6 Å². The molecule has 1 saturated heterocycles. The standard InChI is InChI=1S/C28H38N4O2.3H2/c1-20(29-2)27(33)31-26(21-11-5-3-6-12-21)28(34)32-18-10-17-25(32)22-13-9-16-24(19-22)30-23-14-7-4-8-15-23;;;/h4,7-9,13-16,19-21,25-26,29-30H,3,5-6,10-12,17-18H2,1-2H3,(H,31,33);3*1H/t20?,25-,26-;;;/m0.../s1. The first-order valence-corrected chi connectivity index (χ1v) is 12.8. The number of para-hydroxylation sites is 1. The summed E-state index contributed by atoms with van der Waals surface area (Å²) < 4.78 is 0. The van der Waals surface area contributed by atoms with Gasteiger partial charge in [0.15, 0.2) is 0 Å². The molecule has 1 unspecified atom stereocenters. The van der Waals surface area contributed by atoms with Crippen LogP contribution in [-0.4, -0.2) is 42.4 Å². The average Bonchev–Trinajstić information content (AvgIpc) is 3.38. The fourth-order valence-corrected chi connectivity index (χ4v) is 5.33. The summed E-state index contributed by atoms with van der Waals surface area (Å²) in [6.45, 7) is 2.57. The van der Waals surface area contributed by atoms with Gasteiger partial charge in [-0.25, -0.2) is 0 Å². The van der Waals surface area contributed by atoms with Crippen LogP contribution in [0.5, 0.6) is 0 Å². The van der Waals surface area contributed by atoms with Gasteiger partial charge in [0.1, 0.15) is 6.04 Å². The summed E-state index contributed by atoms with van der Waals surface area (Å²) in [6, 6.07) is 17.8. The van der Waals surface area contributed by atoms with E-state index in [0.29, 0.717) is 0 Å². The van der Waals surface area contributed by atoms with Gasteiger partial charge in [-0.15, -0.1) is 0 Å². The molecule has 4 rings (SSSR count). The molecule has 0 spiro atoms. The van der Waals surface area contributed by atoms with Gasteiger partial charge in [-0.3, -0.25) is 9.59 Å². The molecule has 0 radical (unpaired) electrons. The third kappa shape index (κ3) is 5.79. The number of nitrogens with zero attached hydrogens (tertiary/aromatic N) is 1. The van der Waals surface area contributed by atoms with Crippen LogP contribution >= 0.6 is 0 Å². The van der Waals surface area contributed by atoms with Crippen molar-refractivity contribution >= 4 is 23.2 Å². The lowest BCUT2D eigenvalue weighted by Gasteiger charge is -2.35. The number of carbonyl (C=O) groups is 2. The zero-order chi connectivity index (χ0) is 23.9. The third-order valence-corrected chi connectivity index (χ3v) is 7.38. The molecule has 34 heavy (non-hydrogen) atoms. The van der Waals surface area contributed by atoms with Gasteiger partial charge in [-0.05, 0) is 75.4 Å². The van der Waals surface area contributed by atoms with Gasteiger partial charge < -0.3 is 20.9 Å². The molecule has 0 bridgehead atoms. The monoisotopic (exact) mass is 468 g/mol. The number of rotatable bonds is 8. The number of carbonyl (C=O) groups excluding carboxylic acids is 2. The topological polar surface area (TPSA) is 73.5 Å². The molecule has 3 atom stereocenters. The van der Waals surface area contributed by atoms with Gasteiger partial charge in [0, 0.05) is 22.2 Å². The van der Waals surface area contributed by atoms with Crippen molar-refractivity contribution in [3.63, 3.8) is 0 Å². The molecule has 2 fully saturated rings. The summed E-state index contributed by atoms with van der Waals surface area (Å²) in [7, 11) is 1.77. The normalized spacial score (nSPS) is 20.5. The van der Waals surface area contributed by atoms with Crippen LogP contribution in [0.1, 0.15) is 67.8 Å². The molecular weight excluding hydrogens is 424 g/mol. The smallest absolute Gasteiger partial charge is 0.245 e. The van der Waals surface area contributed by atoms with E-state index in [1.807, 2.05) is 42.2 Å². The lowest BCUT2D eigenvalue weighted by Crippen LogP contribution is -2.55. The Hall–Kier alpha value is -2.86. The summed E-state index contributed by atoms with van der Waals surface area (Å²) in [5.74, 6) is 0.185. The Balaban J connectivity index is 0.00000228. The molecule has 0 aromatic heterocycles. The number of amides is 2. The van der Waals surface area contributed by atoms with E-state index in [0.717, 1.165) is 62.0 Å². The molecular formula is C28H44N4O2. The molecule has 2 aromatic carbocycles. The van der Waals surface area contributed by atoms with E-state index in [2.05, 4.69) is 40.2 Å². The zero-order valence-corrected chi connectivity index (χ0v) is 20.4. The molecule has 1 aliphatic heterocycles. The Morgan fingerprint density at radius 3 is 2.41 bits per heavy atom. The van der Waals surface area contributed by atoms with Gasteiger partial charge in [0.2, 0.25) is 11.8 Å². The van der Waals surface area contributed by atoms with Gasteiger partial charge in [-0.1, -0.05) is 49.6 Å². The number of likely N-dealkylation sites (tertiary alicyclic amines) is 1. The molecule has 6 nitrogen and oxygen atoms in total. The fraction of sp³-hybridized carbons (Fsp3) is 0.500. The van der Waals surface area contributed by atoms with E-state index in [9.17, 15) is 9.59 Å². The predicted octanol–water partition coefficient (Wildman–Crippen LogP) is 5.50. The van der Waals surface area contributed by atoms with Crippen molar-refractivity contribution < 1.29 is 13.9 Å². The van der Waals surface area contributed by atoms with Crippen molar-refractivity contribution in [2.45, 2.75) is 70.0 Å². The largest absolute Gasteiger partial charge is 0.356 e. The lowest BCUT2D eigenvalue weighted by molar-refractivity contribution is -0.139. The molecule has 3 N–H and O–H groups in total. The molecule has 188 valence electrons. The van der Waals surface area contributed by atoms with Gasteiger partial charge in [-0.2, -0.15) is 0 Å². The Morgan fingerprint density at radius 2 is 1.68 bits per heavy atom. The van der Waals surface area contributed by atoms with Crippen LogP contribution in [0.2, 0.25) is 0 Å². The van der Waals surface area contributed by atoms with E-state index in [1.54, 1.807) is 7.05 Å². The molecule has 2 aliphatic rings. The molecule has 1 heterocycles. The van der Waals surface area contributed by atoms with Crippen molar-refractivity contribution in [1.29, 1.82) is 0 Å². The summed E-state index contributed by atoms with van der Waals surface area (Å²) in [5, 5.41) is 9.59. The maximum atomic E-state index is 13.9. The number of hydrogen-bond acceptors (Lipinski definition) is 4. The van der Waals surface area contributed by atoms with Crippen molar-refractivity contribution in [2.75, 3.05) is 18.9 Å². The number of benzene rings is 2. The van der Waals surface area contributed by atoms with Crippen LogP contribution in [0, 0.1) is 5.92 Å². The first-order chi connectivity index (χ1) is 16.6. The second-order valence-corrected chi connectivity index (χ2v) is 9.70. The Labute approximate surface area is 208 Å². The molecule has 2 aromatic rings. The van der Waals surface area contributed by atoms with Crippen molar-refractivity contribution in [3.8, 4) is 0 Å². The highest BCUT2D eigenvalue weighted by Crippen LogP contribution is 2.36. The number of hydrogen-bond donors (Lipinski definition) is 3. The van der Waals surface area contributed by atoms with Crippen LogP contribution in [0.25, 0.3) is 0 Å². The van der Waals surface area contributed by atoms with Crippen LogP contribution < -0.4 is 16.0 Å². The Kier molecular flexibility index (Phi) is 8.22. The SMILES string of the molecule is CNC(C)C(=O)N[C@H](C(=O)N1CCC[C@H]1c1cccc(Nc2ccccc2)c1)C1CCCCC1.[HH].[HH].[HH]. The maximum absolute atomic E-state index is 13.9. The second kappa shape index (κ2) is 11.5. The molecule has 1 saturated carbocycles. The third-order valence-electron chi connectivity index (χ3n) is 7.38. The van der Waals surface area contributed by atoms with E-state index < -0.39 is 6.04 Å². The minimum Gasteiger partial charge on any atom is -0.356 e. The molecule has 6 heteroatoms. The van der Waals surface area contributed by atoms with E-state index >= 15 is 0 Å². The average molecular weight is 469 g/mol. The minimum absolute atomic E-state index is 0. The van der Waals surface area contributed by atoms with Gasteiger partial charge in [0.25, 0.3) is 0 Å². The first-order valence-electron chi connectivity index (χ1n) is 12.8. The van der Waals surface area contributed by atoms with Crippen molar-refractivity contribution in [2.24, 2.45) is 5.92 Å². The highest BCUT2D eigenvalue weighted by atomic mass is 16.2. The quantitative estimate of drug-likeness (QED) is 0.478. The van der Waals surface area contributed by atoms with Crippen LogP contribution in [-0.2, 0) is 9.59 Å². The van der Waals surface area contributed by atoms with Crippen molar-refractivity contribution in [1.82, 2.24) is 15.5 Å². The Morgan fingerprint density at radius 1 is 0.941 bits per heavy atom. The number of anilines is 2. The van der Waals surface area contributed by atoms with Gasteiger partial charge >= 0.3 is 0 Å². The Bertz CT molecular complexity index is 973. The van der Waals surface area contributed by atoms with E-state index in [4.69, 9.17) is 0 Å². The zero-order valence-electron chi connectivity index (χ0n) is 20.4. The highest BCUT2D eigenvalue weighted by Gasteiger charge is 2.39. The fourth-order valence-electron chi connectivity index (χ4n) is 5.33. The first kappa shape index (κ1) is 24.3. The minimum atomic E-state index is -0.449. The highest BCUT2D eigenvalue weighted by molar-refractivity contribution is 5.90. The second-order valence-electron chi connectivity index (χ2n) is 9.70. The summed E-state index contributed by atoms with van der Waals surface area (Å²) in [5.41, 5.74) is 3.20. The van der Waals surface area contributed by atoms with E-state index in [-0.39, 0.29) is 34.1 Å². The van der Waals surface area contributed by atoms with E-state index in [1.165, 1.54) is 6.42 Å². The molecule has 1 aliphatic carbocycles. The van der Waals surface area contributed by atoms with Crippen LogP contribution in [0.3, 0.4) is 0 Å². The van der Waals surface area contributed by atoms with Crippen LogP contribution in [0.4, 0.5) is 11.4 Å². The van der Waals surface area contributed by atoms with Crippen molar-refractivity contribution in [3.05, 3.63) is 60.2 Å². The summed E-state index contributed by atoms with van der Waals surface area (Å²) in [6.07, 6.45) is 7.39. The summed E-state index contributed by atoms with van der Waals surface area (Å²) in [4.78, 5) is 28.7. The van der Waals surface area contributed by atoms with Gasteiger partial charge in [0.05, 0.1) is 12.1 Å². The summed E-state index contributed by atoms with van der Waals surface area (Å²) >= 11 is 0. The maximum Gasteiger partial charge on any atom is 0.245 e. The lowest BCUT2D eigenvalue weighted by atomic mass is 9.83. The number of nitrogens with one attached hydrogen (secondary N) is 3. The number of likely N-dealkylation sites (N-methyl/N-ethyl adjacent to an activating group) is 1. The predicted molar refractivity (Wildman–Crippen MR) is 143 cm³/mol. The molecule has 2 amide bonds.